The number of amides is 2. The minimum atomic E-state index is -1.09. The third kappa shape index (κ3) is 11.1. The number of rotatable bonds is 21. The van der Waals surface area contributed by atoms with Gasteiger partial charge in [-0.2, -0.15) is 14.9 Å². The Morgan fingerprint density at radius 1 is 0.957 bits per heavy atom. The van der Waals surface area contributed by atoms with Crippen LogP contribution in [0.3, 0.4) is 0 Å². The summed E-state index contributed by atoms with van der Waals surface area (Å²) in [5.41, 5.74) is -0.742. The largest absolute Gasteiger partial charge is 0.449 e. The standard InChI is InChI=1S/C35H53ClN4O6/c1-4-7-9-11-13-15-17-19-25-44-33(42)40(34(43)45-26-20-18-16-14-12-10-8-5-2)31-28-22-24-39(30(28)37-32(36)38-31)29-21-23-35(6-3,27-41)46-29/h3,22,24,29,41H,4-5,7-21,23,25-27H2,1-2H3/t29-,35?/m1/s1. The third-order valence-corrected chi connectivity index (χ3v) is 8.70. The minimum absolute atomic E-state index is 0.0287. The SMILES string of the molecule is C#CC1(CO)CC[C@H](n2ccc3c(N(C(=O)OCCCCCCCCCC)C(=O)OCCCCCCCCCC)nc(Cl)nc32)O1. The number of halogens is 1. The van der Waals surface area contributed by atoms with E-state index in [2.05, 4.69) is 29.7 Å². The topological polar surface area (TPSA) is 116 Å². The predicted octanol–water partition coefficient (Wildman–Crippen LogP) is 9.12. The van der Waals surface area contributed by atoms with Crippen molar-refractivity contribution >= 4 is 40.6 Å². The highest BCUT2D eigenvalue weighted by Crippen LogP contribution is 2.39. The average Bonchev–Trinajstić information content (AvgIpc) is 3.68. The highest BCUT2D eigenvalue weighted by molar-refractivity contribution is 6.29. The summed E-state index contributed by atoms with van der Waals surface area (Å²) in [6.45, 7) is 4.43. The first-order valence-electron chi connectivity index (χ1n) is 17.3. The maximum absolute atomic E-state index is 13.5. The number of carbonyl (C=O) groups excluding carboxylic acids is 2. The Bertz CT molecular complexity index is 1230. The Morgan fingerprint density at radius 3 is 1.96 bits per heavy atom. The Labute approximate surface area is 279 Å². The van der Waals surface area contributed by atoms with Crippen LogP contribution in [0.15, 0.2) is 12.3 Å². The molecule has 0 saturated carbocycles. The van der Waals surface area contributed by atoms with Crippen LogP contribution in [0, 0.1) is 12.3 Å². The quantitative estimate of drug-likeness (QED) is 0.0800. The fourth-order valence-corrected chi connectivity index (χ4v) is 5.92. The number of imide groups is 1. The molecule has 0 spiro atoms. The molecule has 1 unspecified atom stereocenters. The van der Waals surface area contributed by atoms with Crippen LogP contribution < -0.4 is 4.90 Å². The lowest BCUT2D eigenvalue weighted by Crippen LogP contribution is -2.39. The number of carbonyl (C=O) groups is 2. The molecule has 256 valence electrons. The summed E-state index contributed by atoms with van der Waals surface area (Å²) < 4.78 is 18.9. The second-order valence-corrected chi connectivity index (χ2v) is 12.5. The fourth-order valence-electron chi connectivity index (χ4n) is 5.76. The summed E-state index contributed by atoms with van der Waals surface area (Å²) in [5, 5.41) is 10.0. The van der Waals surface area contributed by atoms with E-state index in [1.54, 1.807) is 16.8 Å². The lowest BCUT2D eigenvalue weighted by atomic mass is 10.0. The van der Waals surface area contributed by atoms with E-state index in [9.17, 15) is 14.7 Å². The van der Waals surface area contributed by atoms with Crippen LogP contribution in [0.25, 0.3) is 11.0 Å². The number of hydrogen-bond acceptors (Lipinski definition) is 8. The minimum Gasteiger partial charge on any atom is -0.449 e. The highest BCUT2D eigenvalue weighted by atomic mass is 35.5. The molecule has 3 heterocycles. The van der Waals surface area contributed by atoms with Gasteiger partial charge in [0.2, 0.25) is 5.28 Å². The van der Waals surface area contributed by atoms with Gasteiger partial charge in [-0.1, -0.05) is 110 Å². The number of fused-ring (bicyclic) bond motifs is 1. The number of aliphatic hydroxyl groups is 1. The molecule has 11 heteroatoms. The second-order valence-electron chi connectivity index (χ2n) is 12.2. The van der Waals surface area contributed by atoms with Crippen LogP contribution in [0.1, 0.15) is 136 Å². The van der Waals surface area contributed by atoms with E-state index in [1.165, 1.54) is 51.4 Å². The first kappa shape index (κ1) is 37.6. The van der Waals surface area contributed by atoms with E-state index in [0.29, 0.717) is 36.7 Å². The van der Waals surface area contributed by atoms with E-state index < -0.39 is 24.0 Å². The van der Waals surface area contributed by atoms with E-state index in [4.69, 9.17) is 32.2 Å². The number of terminal acetylenes is 1. The maximum Gasteiger partial charge on any atom is 0.425 e. The number of aliphatic hydroxyl groups excluding tert-OH is 1. The third-order valence-electron chi connectivity index (χ3n) is 8.53. The van der Waals surface area contributed by atoms with E-state index in [0.717, 1.165) is 43.4 Å². The van der Waals surface area contributed by atoms with Crippen LogP contribution in [0.5, 0.6) is 0 Å². The number of anilines is 1. The molecular weight excluding hydrogens is 608 g/mol. The second kappa shape index (κ2) is 20.4. The maximum atomic E-state index is 13.5. The summed E-state index contributed by atoms with van der Waals surface area (Å²) in [7, 11) is 0. The molecule has 2 aromatic rings. The molecule has 2 amide bonds. The molecule has 2 aromatic heterocycles. The van der Waals surface area contributed by atoms with Crippen molar-refractivity contribution < 1.29 is 28.9 Å². The van der Waals surface area contributed by atoms with Gasteiger partial charge in [-0.25, -0.2) is 9.59 Å². The van der Waals surface area contributed by atoms with E-state index >= 15 is 0 Å². The molecule has 10 nitrogen and oxygen atoms in total. The van der Waals surface area contributed by atoms with Gasteiger partial charge >= 0.3 is 12.2 Å². The van der Waals surface area contributed by atoms with Crippen LogP contribution in [0.4, 0.5) is 15.4 Å². The molecule has 1 aliphatic heterocycles. The van der Waals surface area contributed by atoms with Crippen molar-refractivity contribution in [2.45, 2.75) is 141 Å². The zero-order chi connectivity index (χ0) is 33.2. The van der Waals surface area contributed by atoms with Gasteiger partial charge in [-0.3, -0.25) is 0 Å². The number of unbranched alkanes of at least 4 members (excludes halogenated alkanes) is 14. The molecule has 0 radical (unpaired) electrons. The highest BCUT2D eigenvalue weighted by Gasteiger charge is 2.40. The van der Waals surface area contributed by atoms with Gasteiger partial charge in [0.15, 0.2) is 11.4 Å². The van der Waals surface area contributed by atoms with Crippen molar-refractivity contribution in [1.29, 1.82) is 0 Å². The Morgan fingerprint density at radius 2 is 1.48 bits per heavy atom. The molecule has 46 heavy (non-hydrogen) atoms. The molecule has 1 N–H and O–H groups in total. The number of hydrogen-bond donors (Lipinski definition) is 1. The Kier molecular flexibility index (Phi) is 16.7. The monoisotopic (exact) mass is 660 g/mol. The van der Waals surface area contributed by atoms with Gasteiger partial charge in [-0.15, -0.1) is 6.42 Å². The molecule has 0 bridgehead atoms. The molecule has 2 atom stereocenters. The molecular formula is C35H53ClN4O6. The van der Waals surface area contributed by atoms with Crippen molar-refractivity contribution in [3.05, 3.63) is 17.5 Å². The first-order chi connectivity index (χ1) is 22.4. The molecule has 0 aliphatic carbocycles. The zero-order valence-electron chi connectivity index (χ0n) is 27.8. The molecule has 0 aromatic carbocycles. The van der Waals surface area contributed by atoms with Crippen LogP contribution >= 0.6 is 11.6 Å². The van der Waals surface area contributed by atoms with E-state index in [1.807, 2.05) is 0 Å². The predicted molar refractivity (Wildman–Crippen MR) is 181 cm³/mol. The van der Waals surface area contributed by atoms with Crippen molar-refractivity contribution in [1.82, 2.24) is 14.5 Å². The lowest BCUT2D eigenvalue weighted by molar-refractivity contribution is -0.0615. The number of ether oxygens (including phenoxy) is 3. The molecule has 1 saturated heterocycles. The van der Waals surface area contributed by atoms with Crippen molar-refractivity contribution in [2.75, 3.05) is 24.7 Å². The Hall–Kier alpha value is -2.87. The number of nitrogens with zero attached hydrogens (tertiary/aromatic N) is 4. The smallest absolute Gasteiger partial charge is 0.425 e. The normalized spacial score (nSPS) is 17.7. The summed E-state index contributed by atoms with van der Waals surface area (Å²) in [5.74, 6) is 2.52. The molecule has 1 aliphatic rings. The van der Waals surface area contributed by atoms with Crippen molar-refractivity contribution in [3.8, 4) is 12.3 Å². The zero-order valence-corrected chi connectivity index (χ0v) is 28.6. The van der Waals surface area contributed by atoms with Gasteiger partial charge < -0.3 is 23.9 Å². The van der Waals surface area contributed by atoms with E-state index in [-0.39, 0.29) is 30.9 Å². The van der Waals surface area contributed by atoms with Gasteiger partial charge in [0.05, 0.1) is 25.2 Å². The summed E-state index contributed by atoms with van der Waals surface area (Å²) in [4.78, 5) is 36.4. The summed E-state index contributed by atoms with van der Waals surface area (Å²) in [6.07, 6.45) is 23.6. The van der Waals surface area contributed by atoms with Crippen LogP contribution in [0.2, 0.25) is 5.28 Å². The fraction of sp³-hybridized carbons (Fsp3) is 0.714. The van der Waals surface area contributed by atoms with Gasteiger partial charge in [0.1, 0.15) is 11.9 Å². The summed E-state index contributed by atoms with van der Waals surface area (Å²) >= 11 is 6.36. The average molecular weight is 661 g/mol. The van der Waals surface area contributed by atoms with Gasteiger partial charge in [-0.05, 0) is 43.4 Å². The Balaban J connectivity index is 1.71. The van der Waals surface area contributed by atoms with Gasteiger partial charge in [0, 0.05) is 6.20 Å². The van der Waals surface area contributed by atoms with Crippen LogP contribution in [-0.4, -0.2) is 57.2 Å². The lowest BCUT2D eigenvalue weighted by Gasteiger charge is -2.22. The van der Waals surface area contributed by atoms with Crippen molar-refractivity contribution in [3.63, 3.8) is 0 Å². The van der Waals surface area contributed by atoms with Gasteiger partial charge in [0.25, 0.3) is 0 Å². The molecule has 1 fully saturated rings. The first-order valence-corrected chi connectivity index (χ1v) is 17.7. The van der Waals surface area contributed by atoms with Crippen molar-refractivity contribution in [2.24, 2.45) is 0 Å². The molecule has 3 rings (SSSR count). The van der Waals surface area contributed by atoms with Crippen LogP contribution in [-0.2, 0) is 14.2 Å². The summed E-state index contributed by atoms with van der Waals surface area (Å²) in [6, 6.07) is 1.68. The number of aromatic nitrogens is 3.